The molecule has 0 fully saturated rings. The van der Waals surface area contributed by atoms with Crippen LogP contribution in [-0.2, 0) is 29.9 Å². The van der Waals surface area contributed by atoms with Crippen LogP contribution in [0.5, 0.6) is 11.9 Å². The number of carbonyl (C=O) groups excluding carboxylic acids is 2. The van der Waals surface area contributed by atoms with Crippen molar-refractivity contribution >= 4 is 44.7 Å². The van der Waals surface area contributed by atoms with Crippen molar-refractivity contribution < 1.29 is 32.2 Å². The molecule has 13 heteroatoms. The first-order chi connectivity index (χ1) is 15.7. The highest BCUT2D eigenvalue weighted by atomic mass is 32.2. The van der Waals surface area contributed by atoms with Gasteiger partial charge in [0.2, 0.25) is 11.8 Å². The minimum Gasteiger partial charge on any atom is -0.481 e. The first-order valence-corrected chi connectivity index (χ1v) is 11.8. The van der Waals surface area contributed by atoms with Gasteiger partial charge in [0, 0.05) is 18.2 Å². The number of ether oxygens (including phenoxy) is 3. The SMILES string of the molecule is CCOC(=O)CCC(=O)NC(=S)Nc1ccc(S(=O)(=O)Cc2cc(OC)nc(OC)n2)cc1. The zero-order chi connectivity index (χ0) is 24.4. The summed E-state index contributed by atoms with van der Waals surface area (Å²) in [5.74, 6) is -1.12. The Morgan fingerprint density at radius 2 is 1.76 bits per heavy atom. The van der Waals surface area contributed by atoms with Gasteiger partial charge in [0.1, 0.15) is 0 Å². The van der Waals surface area contributed by atoms with E-state index in [0.29, 0.717) is 5.69 Å². The Labute approximate surface area is 196 Å². The molecule has 1 aromatic carbocycles. The van der Waals surface area contributed by atoms with Crippen molar-refractivity contribution in [1.82, 2.24) is 15.3 Å². The molecule has 0 saturated heterocycles. The van der Waals surface area contributed by atoms with Crippen LogP contribution in [0, 0.1) is 0 Å². The number of anilines is 1. The molecule has 11 nitrogen and oxygen atoms in total. The van der Waals surface area contributed by atoms with Crippen LogP contribution in [0.2, 0.25) is 0 Å². The number of thiocarbonyl (C=S) groups is 1. The van der Waals surface area contributed by atoms with Gasteiger partial charge in [0.25, 0.3) is 0 Å². The monoisotopic (exact) mass is 496 g/mol. The van der Waals surface area contributed by atoms with Gasteiger partial charge in [-0.05, 0) is 43.4 Å². The van der Waals surface area contributed by atoms with Gasteiger partial charge in [-0.3, -0.25) is 9.59 Å². The third-order valence-corrected chi connectivity index (χ3v) is 5.92. The number of esters is 1. The topological polar surface area (TPSA) is 146 Å². The molecule has 1 heterocycles. The van der Waals surface area contributed by atoms with Crippen LogP contribution in [0.3, 0.4) is 0 Å². The summed E-state index contributed by atoms with van der Waals surface area (Å²) in [4.78, 5) is 31.2. The molecule has 0 radical (unpaired) electrons. The number of nitrogens with one attached hydrogen (secondary N) is 2. The van der Waals surface area contributed by atoms with E-state index in [4.69, 9.17) is 26.4 Å². The van der Waals surface area contributed by atoms with E-state index in [1.165, 1.54) is 44.6 Å². The number of amides is 1. The molecule has 1 amide bonds. The van der Waals surface area contributed by atoms with Crippen LogP contribution in [0.4, 0.5) is 5.69 Å². The minimum absolute atomic E-state index is 0.00286. The molecule has 0 aliphatic heterocycles. The lowest BCUT2D eigenvalue weighted by Gasteiger charge is -2.11. The molecule has 0 aliphatic rings. The second-order valence-electron chi connectivity index (χ2n) is 6.48. The van der Waals surface area contributed by atoms with Crippen molar-refractivity contribution in [3.05, 3.63) is 36.0 Å². The van der Waals surface area contributed by atoms with E-state index in [1.807, 2.05) is 0 Å². The van der Waals surface area contributed by atoms with Crippen molar-refractivity contribution in [2.45, 2.75) is 30.4 Å². The predicted octanol–water partition coefficient (Wildman–Crippen LogP) is 1.62. The Kier molecular flexibility index (Phi) is 9.48. The number of sulfone groups is 1. The lowest BCUT2D eigenvalue weighted by atomic mass is 10.3. The molecular weight excluding hydrogens is 472 g/mol. The highest BCUT2D eigenvalue weighted by Gasteiger charge is 2.18. The second-order valence-corrected chi connectivity index (χ2v) is 8.88. The van der Waals surface area contributed by atoms with Crippen LogP contribution in [0.1, 0.15) is 25.5 Å². The Morgan fingerprint density at radius 3 is 2.36 bits per heavy atom. The standard InChI is InChI=1S/C20H24N4O7S2/c1-4-31-18(26)10-9-16(25)23-20(32)22-13-5-7-15(8-6-13)33(27,28)12-14-11-17(29-2)24-19(21-14)30-3/h5-8,11H,4,9-10,12H2,1-3H3,(H2,22,23,25,32). The fourth-order valence-corrected chi connectivity index (χ4v) is 4.03. The van der Waals surface area contributed by atoms with E-state index in [0.717, 1.165) is 0 Å². The molecule has 178 valence electrons. The van der Waals surface area contributed by atoms with Crippen molar-refractivity contribution in [3.63, 3.8) is 0 Å². The summed E-state index contributed by atoms with van der Waals surface area (Å²) in [6.07, 6.45) is -0.130. The first-order valence-electron chi connectivity index (χ1n) is 9.72. The molecule has 0 bridgehead atoms. The first kappa shape index (κ1) is 25.9. The number of rotatable bonds is 10. The van der Waals surface area contributed by atoms with Crippen LogP contribution in [-0.4, -0.2) is 56.2 Å². The summed E-state index contributed by atoms with van der Waals surface area (Å²) in [6.45, 7) is 1.92. The second kappa shape index (κ2) is 12.1. The average molecular weight is 497 g/mol. The maximum atomic E-state index is 12.8. The highest BCUT2D eigenvalue weighted by Crippen LogP contribution is 2.21. The van der Waals surface area contributed by atoms with E-state index in [9.17, 15) is 18.0 Å². The van der Waals surface area contributed by atoms with Crippen molar-refractivity contribution in [2.24, 2.45) is 0 Å². The maximum absolute atomic E-state index is 12.8. The number of hydrogen-bond donors (Lipinski definition) is 2. The molecule has 0 atom stereocenters. The van der Waals surface area contributed by atoms with Crippen LogP contribution < -0.4 is 20.1 Å². The number of nitrogens with zero attached hydrogens (tertiary/aromatic N) is 2. The summed E-state index contributed by atoms with van der Waals surface area (Å²) in [6, 6.07) is 7.23. The molecule has 0 spiro atoms. The van der Waals surface area contributed by atoms with Crippen LogP contribution in [0.15, 0.2) is 35.2 Å². The predicted molar refractivity (Wildman–Crippen MR) is 123 cm³/mol. The minimum atomic E-state index is -3.72. The van der Waals surface area contributed by atoms with Gasteiger partial charge in [0.15, 0.2) is 14.9 Å². The molecule has 2 rings (SSSR count). The van der Waals surface area contributed by atoms with Gasteiger partial charge in [-0.15, -0.1) is 0 Å². The Morgan fingerprint density at radius 1 is 1.06 bits per heavy atom. The molecule has 0 saturated carbocycles. The molecular formula is C20H24N4O7S2. The van der Waals surface area contributed by atoms with Crippen molar-refractivity contribution in [3.8, 4) is 11.9 Å². The number of methoxy groups -OCH3 is 2. The lowest BCUT2D eigenvalue weighted by Crippen LogP contribution is -2.34. The average Bonchev–Trinajstić information content (AvgIpc) is 2.77. The quantitative estimate of drug-likeness (QED) is 0.365. The summed E-state index contributed by atoms with van der Waals surface area (Å²) in [7, 11) is -0.954. The summed E-state index contributed by atoms with van der Waals surface area (Å²) >= 11 is 5.07. The zero-order valence-electron chi connectivity index (χ0n) is 18.3. The van der Waals surface area contributed by atoms with Crippen molar-refractivity contribution in [1.29, 1.82) is 0 Å². The molecule has 0 unspecified atom stereocenters. The molecule has 1 aromatic heterocycles. The van der Waals surface area contributed by atoms with Gasteiger partial charge < -0.3 is 24.8 Å². The number of hydrogen-bond acceptors (Lipinski definition) is 10. The van der Waals surface area contributed by atoms with E-state index < -0.39 is 21.7 Å². The summed E-state index contributed by atoms with van der Waals surface area (Å²) in [5, 5.41) is 5.23. The largest absolute Gasteiger partial charge is 0.481 e. The van der Waals surface area contributed by atoms with Crippen LogP contribution >= 0.6 is 12.2 Å². The van der Waals surface area contributed by atoms with Gasteiger partial charge in [-0.2, -0.15) is 9.97 Å². The van der Waals surface area contributed by atoms with Crippen LogP contribution in [0.25, 0.3) is 0 Å². The van der Waals surface area contributed by atoms with Gasteiger partial charge >= 0.3 is 12.0 Å². The summed E-state index contributed by atoms with van der Waals surface area (Å²) in [5.41, 5.74) is 0.683. The Bertz CT molecular complexity index is 1080. The van der Waals surface area contributed by atoms with Crippen molar-refractivity contribution in [2.75, 3.05) is 26.1 Å². The van der Waals surface area contributed by atoms with Gasteiger partial charge in [-0.25, -0.2) is 8.42 Å². The zero-order valence-corrected chi connectivity index (χ0v) is 19.9. The van der Waals surface area contributed by atoms with E-state index in [2.05, 4.69) is 20.6 Å². The van der Waals surface area contributed by atoms with E-state index in [1.54, 1.807) is 6.92 Å². The maximum Gasteiger partial charge on any atom is 0.319 e. The summed E-state index contributed by atoms with van der Waals surface area (Å²) < 4.78 is 40.3. The smallest absolute Gasteiger partial charge is 0.319 e. The molecule has 0 aliphatic carbocycles. The highest BCUT2D eigenvalue weighted by molar-refractivity contribution is 7.90. The third-order valence-electron chi connectivity index (χ3n) is 4.05. The van der Waals surface area contributed by atoms with Gasteiger partial charge in [0.05, 0.1) is 43.6 Å². The van der Waals surface area contributed by atoms with Gasteiger partial charge in [-0.1, -0.05) is 0 Å². The van der Waals surface area contributed by atoms with E-state index >= 15 is 0 Å². The fourth-order valence-electron chi connectivity index (χ4n) is 2.54. The molecule has 33 heavy (non-hydrogen) atoms. The Balaban J connectivity index is 1.98. The number of benzene rings is 1. The normalized spacial score (nSPS) is 10.8. The molecule has 2 aromatic rings. The lowest BCUT2D eigenvalue weighted by molar-refractivity contribution is -0.144. The number of aromatic nitrogens is 2. The Hall–Kier alpha value is -3.32. The fraction of sp³-hybridized carbons (Fsp3) is 0.350. The third kappa shape index (κ3) is 8.27. The van der Waals surface area contributed by atoms with E-state index in [-0.39, 0.29) is 52.8 Å². The molecule has 2 N–H and O–H groups in total. The number of carbonyl (C=O) groups is 2.